The second kappa shape index (κ2) is 33.0. The quantitative estimate of drug-likeness (QED) is 0.140. The van der Waals surface area contributed by atoms with E-state index in [1.54, 1.807) is 7.11 Å². The van der Waals surface area contributed by atoms with Gasteiger partial charge in [0.15, 0.2) is 11.4 Å². The summed E-state index contributed by atoms with van der Waals surface area (Å²) in [6, 6.07) is 23.9. The number of H-pyrrole nitrogens is 1. The molecule has 2 aromatic heterocycles. The molecule has 5 aromatic rings. The fourth-order valence-corrected chi connectivity index (χ4v) is 6.22. The number of benzene rings is 3. The van der Waals surface area contributed by atoms with Crippen molar-refractivity contribution in [2.24, 2.45) is 27.6 Å². The number of Topliss-reactive ketones (excluding diaryl/α,β-unsaturated/α-hetero) is 2. The number of aryl methyl sites for hydroxylation is 2. The number of nitrogens with zero attached hydrogens (tertiary/aromatic N) is 2. The number of para-hydroxylation sites is 2. The van der Waals surface area contributed by atoms with Crippen molar-refractivity contribution in [1.29, 1.82) is 0 Å². The maximum atomic E-state index is 11.2. The Kier molecular flexibility index (Phi) is 35.3. The molecule has 0 saturated carbocycles. The maximum absolute atomic E-state index is 11.2. The molecule has 0 fully saturated rings. The third-order valence-corrected chi connectivity index (χ3v) is 9.43. The van der Waals surface area contributed by atoms with Gasteiger partial charge in [-0.1, -0.05) is 213 Å². The summed E-state index contributed by atoms with van der Waals surface area (Å²) >= 11 is 0. The Balaban J connectivity index is -0.000000232. The monoisotopic (exact) mass is 918 g/mol. The van der Waals surface area contributed by atoms with E-state index in [1.165, 1.54) is 24.0 Å². The van der Waals surface area contributed by atoms with Gasteiger partial charge in [0, 0.05) is 48.0 Å². The normalized spacial score (nSPS) is 11.1. The molecule has 378 valence electrons. The van der Waals surface area contributed by atoms with Crippen LogP contribution in [0.25, 0.3) is 11.0 Å². The van der Waals surface area contributed by atoms with Gasteiger partial charge in [-0.15, -0.1) is 0 Å². The zero-order valence-electron chi connectivity index (χ0n) is 41.5. The Bertz CT molecular complexity index is 1960. The van der Waals surface area contributed by atoms with Crippen molar-refractivity contribution in [3.63, 3.8) is 0 Å². The molecule has 7 nitrogen and oxygen atoms in total. The first-order chi connectivity index (χ1) is 28.1. The lowest BCUT2D eigenvalue weighted by Gasteiger charge is -2.21. The number of fused-ring (bicyclic) bond motifs is 1. The largest absolute Gasteiger partial charge is 0.496 e. The third-order valence-electron chi connectivity index (χ3n) is 9.43. The van der Waals surface area contributed by atoms with E-state index >= 15 is 0 Å². The number of carbonyl (C=O) groups excluding carboxylic acids is 2. The van der Waals surface area contributed by atoms with Crippen molar-refractivity contribution in [3.05, 3.63) is 113 Å². The number of aromatic nitrogens is 3. The fraction of sp³-hybridized carbons (Fsp3) is 0.593. The van der Waals surface area contributed by atoms with Crippen LogP contribution in [0.3, 0.4) is 0 Å². The van der Waals surface area contributed by atoms with E-state index in [9.17, 15) is 9.59 Å². The van der Waals surface area contributed by atoms with Crippen LogP contribution in [0.15, 0.2) is 89.7 Å². The van der Waals surface area contributed by atoms with E-state index in [1.807, 2.05) is 94.7 Å². The highest BCUT2D eigenvalue weighted by molar-refractivity contribution is 5.95. The molecule has 2 heterocycles. The summed E-state index contributed by atoms with van der Waals surface area (Å²) in [6.07, 6.45) is 9.38. The fourth-order valence-electron chi connectivity index (χ4n) is 6.22. The van der Waals surface area contributed by atoms with Gasteiger partial charge in [0.2, 0.25) is 0 Å². The van der Waals surface area contributed by atoms with Crippen LogP contribution in [0.4, 0.5) is 0 Å². The number of carbonyl (C=O) groups is 2. The minimum absolute atomic E-state index is 0. The Morgan fingerprint density at radius 3 is 1.70 bits per heavy atom. The molecule has 0 spiro atoms. The summed E-state index contributed by atoms with van der Waals surface area (Å²) in [5, 5.41) is 5.25. The van der Waals surface area contributed by atoms with Crippen molar-refractivity contribution in [1.82, 2.24) is 15.1 Å². The van der Waals surface area contributed by atoms with Crippen molar-refractivity contribution in [2.45, 2.75) is 199 Å². The number of rotatable bonds is 10. The minimum Gasteiger partial charge on any atom is -0.496 e. The van der Waals surface area contributed by atoms with Crippen molar-refractivity contribution in [2.75, 3.05) is 7.11 Å². The van der Waals surface area contributed by atoms with Crippen LogP contribution in [0.5, 0.6) is 5.75 Å². The Labute approximate surface area is 408 Å². The highest BCUT2D eigenvalue weighted by atomic mass is 16.5. The summed E-state index contributed by atoms with van der Waals surface area (Å²) in [7, 11) is 1.73. The molecule has 66 heavy (non-hydrogen) atoms. The Morgan fingerprint density at radius 2 is 1.26 bits per heavy atom. The van der Waals surface area contributed by atoms with Gasteiger partial charge >= 0.3 is 0 Å². The molecule has 1 N–H and O–H groups in total. The number of nitrogens with one attached hydrogen (secondary N) is 1. The van der Waals surface area contributed by atoms with E-state index < -0.39 is 0 Å². The molecule has 0 aliphatic carbocycles. The molecular formula is C59H103N3O4. The summed E-state index contributed by atoms with van der Waals surface area (Å²) < 4.78 is 10.6. The van der Waals surface area contributed by atoms with Gasteiger partial charge in [0.1, 0.15) is 17.4 Å². The van der Waals surface area contributed by atoms with Gasteiger partial charge < -0.3 is 14.2 Å². The molecule has 0 radical (unpaired) electrons. The smallest absolute Gasteiger partial charge is 0.167 e. The third kappa shape index (κ3) is 31.4. The zero-order chi connectivity index (χ0) is 46.6. The number of ketones is 2. The minimum atomic E-state index is 0. The van der Waals surface area contributed by atoms with Gasteiger partial charge in [0.25, 0.3) is 0 Å². The standard InChI is InChI=1S/C13H20O.C12H15NO.C10H18N2.C10H12O.C9H18O.5CH4/c1-13(2,3)10-9-11-7-5-6-8-12(11)14-4;1-12(2,3)8-10-9-6-4-5-7-11(9)14-13-10;1-8(7-10(2,3)4)9-11-5-6-12-9;1-3-10(11)9-6-4-8(2)5-7-9;1-7(2)8(10)6-9(3,4)5;;;;;/h5-8H,9-10H2,1-4H3;4-7H,8H2,1-3H3;5-6,8H,7H2,1-4H3,(H,11,12);4-7H,3H2,1-2H3;7H,6H2,1-5H3;5*1H4. The Morgan fingerprint density at radius 1 is 0.712 bits per heavy atom. The van der Waals surface area contributed by atoms with E-state index in [4.69, 9.17) is 9.26 Å². The van der Waals surface area contributed by atoms with Crippen molar-refractivity contribution < 1.29 is 18.8 Å². The molecule has 0 aliphatic heterocycles. The highest BCUT2D eigenvalue weighted by Crippen LogP contribution is 2.29. The summed E-state index contributed by atoms with van der Waals surface area (Å²) in [6.45, 7) is 36.5. The molecule has 1 atom stereocenters. The predicted octanol–water partition coefficient (Wildman–Crippen LogP) is 18.5. The lowest BCUT2D eigenvalue weighted by molar-refractivity contribution is -0.123. The van der Waals surface area contributed by atoms with E-state index in [0.29, 0.717) is 35.4 Å². The molecule has 0 amide bonds. The van der Waals surface area contributed by atoms with Crippen LogP contribution in [0.1, 0.15) is 213 Å². The van der Waals surface area contributed by atoms with Crippen molar-refractivity contribution in [3.8, 4) is 5.75 Å². The van der Waals surface area contributed by atoms with E-state index in [0.717, 1.165) is 46.6 Å². The van der Waals surface area contributed by atoms with E-state index in [2.05, 4.69) is 123 Å². The summed E-state index contributed by atoms with van der Waals surface area (Å²) in [5.74, 6) is 3.42. The average Bonchev–Trinajstić information content (AvgIpc) is 3.84. The van der Waals surface area contributed by atoms with E-state index in [-0.39, 0.29) is 59.7 Å². The first-order valence-electron chi connectivity index (χ1n) is 22.2. The van der Waals surface area contributed by atoms with Crippen LogP contribution >= 0.6 is 0 Å². The number of ether oxygens (including phenoxy) is 1. The van der Waals surface area contributed by atoms with Crippen LogP contribution in [-0.4, -0.2) is 33.8 Å². The number of aromatic amines is 1. The number of methoxy groups -OCH3 is 1. The number of hydrogen-bond acceptors (Lipinski definition) is 6. The van der Waals surface area contributed by atoms with Crippen LogP contribution in [-0.2, 0) is 17.6 Å². The number of hydrogen-bond donors (Lipinski definition) is 1. The zero-order valence-corrected chi connectivity index (χ0v) is 41.5. The molecular weight excluding hydrogens is 815 g/mol. The number of imidazole rings is 1. The van der Waals surface area contributed by atoms with Gasteiger partial charge in [0.05, 0.1) is 12.8 Å². The van der Waals surface area contributed by atoms with Gasteiger partial charge in [-0.05, 0) is 78.0 Å². The van der Waals surface area contributed by atoms with Crippen LogP contribution in [0, 0.1) is 34.5 Å². The molecule has 5 rings (SSSR count). The second-order valence-electron chi connectivity index (χ2n) is 21.4. The highest BCUT2D eigenvalue weighted by Gasteiger charge is 2.19. The maximum Gasteiger partial charge on any atom is 0.167 e. The molecule has 1 unspecified atom stereocenters. The van der Waals surface area contributed by atoms with Gasteiger partial charge in [-0.25, -0.2) is 4.98 Å². The lowest BCUT2D eigenvalue weighted by Crippen LogP contribution is -2.16. The van der Waals surface area contributed by atoms with Crippen LogP contribution in [0.2, 0.25) is 0 Å². The molecule has 0 saturated heterocycles. The van der Waals surface area contributed by atoms with Crippen molar-refractivity contribution >= 4 is 22.5 Å². The van der Waals surface area contributed by atoms with Gasteiger partial charge in [-0.3, -0.25) is 9.59 Å². The van der Waals surface area contributed by atoms with Crippen LogP contribution < -0.4 is 4.74 Å². The summed E-state index contributed by atoms with van der Waals surface area (Å²) in [4.78, 5) is 29.7. The second-order valence-corrected chi connectivity index (χ2v) is 21.4. The SMILES string of the molecule is C.C.C.C.C.CC(C)(C)Cc1noc2ccccc12.CC(C)C(=O)CC(C)(C)C.CC(CC(C)(C)C)c1ncc[nH]1.CCC(=O)c1ccc(C)cc1.COc1ccccc1CCC(C)(C)C. The predicted molar refractivity (Wildman–Crippen MR) is 292 cm³/mol. The lowest BCUT2D eigenvalue weighted by atomic mass is 9.85. The topological polar surface area (TPSA) is 98.1 Å². The summed E-state index contributed by atoms with van der Waals surface area (Å²) in [5.41, 5.74) is 6.44. The van der Waals surface area contributed by atoms with Gasteiger partial charge in [-0.2, -0.15) is 0 Å². The molecule has 7 heteroatoms. The molecule has 0 bridgehead atoms. The Hall–Kier alpha value is -4.52. The molecule has 0 aliphatic rings. The average molecular weight is 918 g/mol. The first-order valence-corrected chi connectivity index (χ1v) is 22.2. The first kappa shape index (κ1) is 70.5. The molecule has 3 aromatic carbocycles.